The van der Waals surface area contributed by atoms with Crippen molar-refractivity contribution in [3.8, 4) is 0 Å². The first-order chi connectivity index (χ1) is 15.1. The van der Waals surface area contributed by atoms with E-state index in [0.717, 1.165) is 57.8 Å². The van der Waals surface area contributed by atoms with Crippen LogP contribution in [0.1, 0.15) is 51.9 Å². The number of carbonyl (C=O) groups excluding carboxylic acids is 2. The van der Waals surface area contributed by atoms with E-state index in [0.29, 0.717) is 13.1 Å². The van der Waals surface area contributed by atoms with Crippen LogP contribution in [0, 0.1) is 5.92 Å². The van der Waals surface area contributed by atoms with Crippen molar-refractivity contribution in [1.29, 1.82) is 0 Å². The van der Waals surface area contributed by atoms with Gasteiger partial charge in [-0.15, -0.1) is 0 Å². The number of nitrogens with one attached hydrogen (secondary N) is 1. The van der Waals surface area contributed by atoms with Crippen molar-refractivity contribution in [3.63, 3.8) is 0 Å². The number of hydrogen-bond acceptors (Lipinski definition) is 6. The summed E-state index contributed by atoms with van der Waals surface area (Å²) in [6, 6.07) is 1.95. The predicted molar refractivity (Wildman–Crippen MR) is 120 cm³/mol. The van der Waals surface area contributed by atoms with E-state index in [-0.39, 0.29) is 29.8 Å². The van der Waals surface area contributed by atoms with E-state index in [4.69, 9.17) is 0 Å². The van der Waals surface area contributed by atoms with E-state index in [1.54, 1.807) is 12.4 Å². The summed E-state index contributed by atoms with van der Waals surface area (Å²) in [4.78, 5) is 40.6. The summed E-state index contributed by atoms with van der Waals surface area (Å²) in [5, 5.41) is 3.28. The van der Waals surface area contributed by atoms with Crippen molar-refractivity contribution in [2.45, 2.75) is 64.0 Å². The normalized spacial score (nSPS) is 22.9. The van der Waals surface area contributed by atoms with Crippen LogP contribution in [0.4, 0.5) is 5.95 Å². The average molecular weight is 429 g/mol. The monoisotopic (exact) mass is 428 g/mol. The van der Waals surface area contributed by atoms with Gasteiger partial charge in [0.2, 0.25) is 17.8 Å². The van der Waals surface area contributed by atoms with Gasteiger partial charge >= 0.3 is 0 Å². The van der Waals surface area contributed by atoms with Crippen LogP contribution in [0.25, 0.3) is 0 Å². The molecule has 1 aromatic heterocycles. The van der Waals surface area contributed by atoms with E-state index in [9.17, 15) is 9.59 Å². The fourth-order valence-corrected chi connectivity index (χ4v) is 5.12. The number of rotatable bonds is 5. The van der Waals surface area contributed by atoms with Gasteiger partial charge in [0.1, 0.15) is 0 Å². The molecule has 1 unspecified atom stereocenters. The van der Waals surface area contributed by atoms with Crippen LogP contribution in [0.5, 0.6) is 0 Å². The maximum atomic E-state index is 13.1. The third-order valence-electron chi connectivity index (χ3n) is 7.18. The average Bonchev–Trinajstić information content (AvgIpc) is 2.85. The highest BCUT2D eigenvalue weighted by atomic mass is 16.2. The summed E-state index contributed by atoms with van der Waals surface area (Å²) in [7, 11) is 0. The Morgan fingerprint density at radius 1 is 0.935 bits per heavy atom. The molecular weight excluding hydrogens is 392 g/mol. The first kappa shape index (κ1) is 22.0. The predicted octanol–water partition coefficient (Wildman–Crippen LogP) is 1.67. The molecule has 1 atom stereocenters. The molecule has 4 rings (SSSR count). The lowest BCUT2D eigenvalue weighted by Crippen LogP contribution is -2.56. The summed E-state index contributed by atoms with van der Waals surface area (Å²) in [6.07, 6.45) is 11.1. The van der Waals surface area contributed by atoms with Crippen molar-refractivity contribution in [2.24, 2.45) is 5.92 Å². The Hall–Kier alpha value is -2.22. The Bertz CT molecular complexity index is 723. The molecule has 2 amide bonds. The summed E-state index contributed by atoms with van der Waals surface area (Å²) in [6.45, 7) is 6.68. The molecule has 3 heterocycles. The molecule has 2 aliphatic heterocycles. The summed E-state index contributed by atoms with van der Waals surface area (Å²) >= 11 is 0. The van der Waals surface area contributed by atoms with Gasteiger partial charge in [-0.2, -0.15) is 0 Å². The lowest BCUT2D eigenvalue weighted by atomic mass is 9.88. The Kier molecular flexibility index (Phi) is 7.37. The van der Waals surface area contributed by atoms with Gasteiger partial charge < -0.3 is 15.1 Å². The van der Waals surface area contributed by atoms with Crippen LogP contribution >= 0.6 is 0 Å². The molecule has 3 aliphatic rings. The topological polar surface area (TPSA) is 81.7 Å². The van der Waals surface area contributed by atoms with Gasteiger partial charge in [-0.1, -0.05) is 19.3 Å². The quantitative estimate of drug-likeness (QED) is 0.768. The molecule has 0 bridgehead atoms. The minimum Gasteiger partial charge on any atom is -0.353 e. The maximum absolute atomic E-state index is 13.1. The van der Waals surface area contributed by atoms with Crippen molar-refractivity contribution in [3.05, 3.63) is 18.5 Å². The van der Waals surface area contributed by atoms with Crippen LogP contribution in [0.2, 0.25) is 0 Å². The number of hydrogen-bond donors (Lipinski definition) is 1. The molecule has 0 spiro atoms. The number of piperidine rings is 1. The second-order valence-corrected chi connectivity index (χ2v) is 9.19. The zero-order valence-electron chi connectivity index (χ0n) is 18.7. The van der Waals surface area contributed by atoms with Gasteiger partial charge in [0.15, 0.2) is 0 Å². The van der Waals surface area contributed by atoms with Gasteiger partial charge in [0.05, 0.1) is 6.04 Å². The van der Waals surface area contributed by atoms with Crippen molar-refractivity contribution >= 4 is 17.8 Å². The van der Waals surface area contributed by atoms with Crippen LogP contribution < -0.4 is 10.2 Å². The van der Waals surface area contributed by atoms with Crippen LogP contribution in [-0.4, -0.2) is 82.9 Å². The molecule has 170 valence electrons. The van der Waals surface area contributed by atoms with Crippen molar-refractivity contribution < 1.29 is 9.59 Å². The van der Waals surface area contributed by atoms with Crippen molar-refractivity contribution in [1.82, 2.24) is 25.1 Å². The Balaban J connectivity index is 1.20. The summed E-state index contributed by atoms with van der Waals surface area (Å²) in [5.41, 5.74) is 0. The van der Waals surface area contributed by atoms with Crippen molar-refractivity contribution in [2.75, 3.05) is 44.2 Å². The maximum Gasteiger partial charge on any atom is 0.239 e. The first-order valence-corrected chi connectivity index (χ1v) is 12.0. The lowest BCUT2D eigenvalue weighted by molar-refractivity contribution is -0.137. The van der Waals surface area contributed by atoms with E-state index in [2.05, 4.69) is 25.1 Å². The molecule has 1 N–H and O–H groups in total. The van der Waals surface area contributed by atoms with Gasteiger partial charge in [-0.25, -0.2) is 9.97 Å². The highest BCUT2D eigenvalue weighted by Crippen LogP contribution is 2.24. The second-order valence-electron chi connectivity index (χ2n) is 9.19. The van der Waals surface area contributed by atoms with Gasteiger partial charge in [0.25, 0.3) is 0 Å². The molecule has 8 nitrogen and oxygen atoms in total. The number of nitrogens with zero attached hydrogens (tertiary/aromatic N) is 5. The Morgan fingerprint density at radius 3 is 2.23 bits per heavy atom. The first-order valence-electron chi connectivity index (χ1n) is 12.0. The molecule has 8 heteroatoms. The lowest BCUT2D eigenvalue weighted by Gasteiger charge is -2.40. The number of carbonyl (C=O) groups is 2. The number of aromatic nitrogens is 2. The van der Waals surface area contributed by atoms with E-state index in [1.807, 2.05) is 17.9 Å². The molecule has 3 fully saturated rings. The zero-order chi connectivity index (χ0) is 21.6. The molecule has 0 aromatic carbocycles. The Labute approximate surface area is 185 Å². The van der Waals surface area contributed by atoms with Gasteiger partial charge in [-0.3, -0.25) is 14.5 Å². The third kappa shape index (κ3) is 5.53. The minimum absolute atomic E-state index is 0.116. The molecule has 1 saturated carbocycles. The SMILES string of the molecule is CC(C(=O)N1CCN(c2ncccn2)CC1)N1CCC(NC(=O)C2CCCCC2)CC1. The van der Waals surface area contributed by atoms with Crippen LogP contribution in [-0.2, 0) is 9.59 Å². The largest absolute Gasteiger partial charge is 0.353 e. The highest BCUT2D eigenvalue weighted by molar-refractivity contribution is 5.82. The molecule has 31 heavy (non-hydrogen) atoms. The summed E-state index contributed by atoms with van der Waals surface area (Å²) in [5.74, 6) is 1.41. The highest BCUT2D eigenvalue weighted by Gasteiger charge is 2.32. The van der Waals surface area contributed by atoms with Crippen LogP contribution in [0.3, 0.4) is 0 Å². The number of anilines is 1. The molecule has 2 saturated heterocycles. The van der Waals surface area contributed by atoms with E-state index in [1.165, 1.54) is 19.3 Å². The third-order valence-corrected chi connectivity index (χ3v) is 7.18. The standard InChI is InChI=1S/C23H36N6O2/c1-18(22(31)28-14-16-29(17-15-28)23-24-10-5-11-25-23)27-12-8-20(9-13-27)26-21(30)19-6-3-2-4-7-19/h5,10-11,18-20H,2-4,6-9,12-17H2,1H3,(H,26,30). The smallest absolute Gasteiger partial charge is 0.239 e. The Morgan fingerprint density at radius 2 is 1.58 bits per heavy atom. The van der Waals surface area contributed by atoms with E-state index < -0.39 is 0 Å². The number of amides is 2. The van der Waals surface area contributed by atoms with Gasteiger partial charge in [0, 0.05) is 63.6 Å². The molecule has 1 aromatic rings. The fourth-order valence-electron chi connectivity index (χ4n) is 5.12. The van der Waals surface area contributed by atoms with E-state index >= 15 is 0 Å². The number of piperazine rings is 1. The molecule has 0 radical (unpaired) electrons. The fraction of sp³-hybridized carbons (Fsp3) is 0.739. The molecular formula is C23H36N6O2. The molecule has 1 aliphatic carbocycles. The van der Waals surface area contributed by atoms with Gasteiger partial charge in [-0.05, 0) is 38.7 Å². The zero-order valence-corrected chi connectivity index (χ0v) is 18.7. The number of likely N-dealkylation sites (tertiary alicyclic amines) is 1. The summed E-state index contributed by atoms with van der Waals surface area (Å²) < 4.78 is 0. The second kappa shape index (κ2) is 10.4. The minimum atomic E-state index is -0.116. The van der Waals surface area contributed by atoms with Crippen LogP contribution in [0.15, 0.2) is 18.5 Å².